The zero-order valence-electron chi connectivity index (χ0n) is 15.9. The molecule has 2 amide bonds. The molecule has 1 aliphatic carbocycles. The summed E-state index contributed by atoms with van der Waals surface area (Å²) in [4.78, 5) is 30.6. The molecule has 7 heteroatoms. The lowest BCUT2D eigenvalue weighted by atomic mass is 9.88. The van der Waals surface area contributed by atoms with Gasteiger partial charge in [-0.3, -0.25) is 9.59 Å². The van der Waals surface area contributed by atoms with Crippen molar-refractivity contribution in [2.24, 2.45) is 5.92 Å². The molecule has 4 rings (SSSR count). The molecule has 2 unspecified atom stereocenters. The van der Waals surface area contributed by atoms with Crippen molar-refractivity contribution in [2.45, 2.75) is 56.4 Å². The van der Waals surface area contributed by atoms with Gasteiger partial charge in [0, 0.05) is 23.9 Å². The number of thioether (sulfide) groups is 1. The first-order valence-corrected chi connectivity index (χ1v) is 12.0. The number of carbonyl (C=O) groups excluding carboxylic acids is 2. The molecule has 0 aromatic heterocycles. The molecule has 0 N–H and O–H groups in total. The Bertz CT molecular complexity index is 748. The van der Waals surface area contributed by atoms with Gasteiger partial charge in [-0.15, -0.1) is 11.8 Å². The van der Waals surface area contributed by atoms with Crippen molar-refractivity contribution in [1.29, 1.82) is 0 Å². The third-order valence-corrected chi connectivity index (χ3v) is 8.20. The zero-order valence-corrected chi connectivity index (χ0v) is 18.2. The minimum atomic E-state index is -0.394. The van der Waals surface area contributed by atoms with Crippen LogP contribution in [-0.2, 0) is 4.79 Å². The molecule has 2 aliphatic heterocycles. The van der Waals surface area contributed by atoms with Crippen molar-refractivity contribution < 1.29 is 9.59 Å². The molecular weight excluding hydrogens is 415 g/mol. The molecule has 2 saturated heterocycles. The van der Waals surface area contributed by atoms with E-state index in [0.29, 0.717) is 27.3 Å². The zero-order chi connectivity index (χ0) is 19.7. The first kappa shape index (κ1) is 20.4. The van der Waals surface area contributed by atoms with E-state index in [1.165, 1.54) is 19.3 Å². The number of hydrogen-bond donors (Lipinski definition) is 0. The second kappa shape index (κ2) is 8.85. The Morgan fingerprint density at radius 1 is 1.00 bits per heavy atom. The van der Waals surface area contributed by atoms with Gasteiger partial charge in [0.25, 0.3) is 5.91 Å². The Kier molecular flexibility index (Phi) is 6.43. The Balaban J connectivity index is 1.64. The summed E-state index contributed by atoms with van der Waals surface area (Å²) in [5.41, 5.74) is 0.439. The summed E-state index contributed by atoms with van der Waals surface area (Å²) in [5, 5.41) is 0.908. The van der Waals surface area contributed by atoms with Crippen molar-refractivity contribution in [3.05, 3.63) is 33.8 Å². The lowest BCUT2D eigenvalue weighted by molar-refractivity contribution is -0.134. The Morgan fingerprint density at radius 2 is 1.71 bits per heavy atom. The molecule has 2 atom stereocenters. The normalized spacial score (nSPS) is 26.1. The summed E-state index contributed by atoms with van der Waals surface area (Å²) >= 11 is 14.2. The molecular formula is C21H26Cl2N2O2S. The summed E-state index contributed by atoms with van der Waals surface area (Å²) < 4.78 is 0. The summed E-state index contributed by atoms with van der Waals surface area (Å²) in [6.07, 6.45) is 8.03. The molecule has 152 valence electrons. The van der Waals surface area contributed by atoms with Gasteiger partial charge in [0.05, 0.1) is 16.0 Å². The molecule has 0 bridgehead atoms. The van der Waals surface area contributed by atoms with Crippen LogP contribution < -0.4 is 0 Å². The topological polar surface area (TPSA) is 40.6 Å². The van der Waals surface area contributed by atoms with Gasteiger partial charge in [0.1, 0.15) is 6.04 Å². The maximum atomic E-state index is 13.6. The van der Waals surface area contributed by atoms with Gasteiger partial charge in [-0.2, -0.15) is 0 Å². The maximum absolute atomic E-state index is 13.6. The lowest BCUT2D eigenvalue weighted by Gasteiger charge is -2.36. The fourth-order valence-electron chi connectivity index (χ4n) is 4.71. The first-order chi connectivity index (χ1) is 13.6. The highest BCUT2D eigenvalue weighted by molar-refractivity contribution is 8.00. The summed E-state index contributed by atoms with van der Waals surface area (Å²) in [7, 11) is 0. The number of hydrogen-bond acceptors (Lipinski definition) is 3. The minimum Gasteiger partial charge on any atom is -0.341 e. The highest BCUT2D eigenvalue weighted by Crippen LogP contribution is 2.42. The van der Waals surface area contributed by atoms with E-state index in [9.17, 15) is 9.59 Å². The second-order valence-corrected chi connectivity index (χ2v) is 10.0. The monoisotopic (exact) mass is 440 g/mol. The van der Waals surface area contributed by atoms with Gasteiger partial charge in [0.2, 0.25) is 5.91 Å². The van der Waals surface area contributed by atoms with Crippen molar-refractivity contribution in [1.82, 2.24) is 9.80 Å². The van der Waals surface area contributed by atoms with Crippen molar-refractivity contribution >= 4 is 46.8 Å². The van der Waals surface area contributed by atoms with E-state index >= 15 is 0 Å². The van der Waals surface area contributed by atoms with Crippen molar-refractivity contribution in [3.8, 4) is 0 Å². The van der Waals surface area contributed by atoms with E-state index in [0.717, 1.165) is 38.8 Å². The Morgan fingerprint density at radius 3 is 2.39 bits per heavy atom. The highest BCUT2D eigenvalue weighted by Gasteiger charge is 2.46. The third-order valence-electron chi connectivity index (χ3n) is 6.19. The average Bonchev–Trinajstić information content (AvgIpc) is 3.38. The van der Waals surface area contributed by atoms with Crippen LogP contribution in [0.4, 0.5) is 0 Å². The van der Waals surface area contributed by atoms with E-state index in [2.05, 4.69) is 0 Å². The molecule has 1 aromatic carbocycles. The second-order valence-electron chi connectivity index (χ2n) is 8.01. The lowest BCUT2D eigenvalue weighted by Crippen LogP contribution is -2.52. The molecule has 0 radical (unpaired) electrons. The quantitative estimate of drug-likeness (QED) is 0.657. The number of likely N-dealkylation sites (tertiary alicyclic amines) is 1. The van der Waals surface area contributed by atoms with Crippen LogP contribution in [0, 0.1) is 5.92 Å². The van der Waals surface area contributed by atoms with E-state index in [-0.39, 0.29) is 17.2 Å². The maximum Gasteiger partial charge on any atom is 0.256 e. The number of amides is 2. The predicted octanol–water partition coefficient (Wildman–Crippen LogP) is 5.08. The SMILES string of the molecule is O=C(C1CSC(C2CCCCC2)N1C(=O)c1ccc(Cl)cc1Cl)N1CCCC1. The van der Waals surface area contributed by atoms with Crippen molar-refractivity contribution in [2.75, 3.05) is 18.8 Å². The fraction of sp³-hybridized carbons (Fsp3) is 0.619. The largest absolute Gasteiger partial charge is 0.341 e. The predicted molar refractivity (Wildman–Crippen MR) is 115 cm³/mol. The molecule has 1 saturated carbocycles. The molecule has 3 fully saturated rings. The van der Waals surface area contributed by atoms with Gasteiger partial charge in [-0.25, -0.2) is 0 Å². The molecule has 0 spiro atoms. The molecule has 28 heavy (non-hydrogen) atoms. The van der Waals surface area contributed by atoms with Gasteiger partial charge in [-0.05, 0) is 49.8 Å². The number of benzene rings is 1. The average molecular weight is 441 g/mol. The van der Waals surface area contributed by atoms with Crippen LogP contribution in [0.3, 0.4) is 0 Å². The van der Waals surface area contributed by atoms with Crippen LogP contribution in [0.2, 0.25) is 10.0 Å². The van der Waals surface area contributed by atoms with E-state index in [1.807, 2.05) is 9.80 Å². The van der Waals surface area contributed by atoms with Crippen LogP contribution in [0.5, 0.6) is 0 Å². The first-order valence-electron chi connectivity index (χ1n) is 10.2. The molecule has 1 aromatic rings. The number of carbonyl (C=O) groups is 2. The van der Waals surface area contributed by atoms with Gasteiger partial charge < -0.3 is 9.80 Å². The van der Waals surface area contributed by atoms with Gasteiger partial charge in [0.15, 0.2) is 0 Å². The van der Waals surface area contributed by atoms with E-state index in [1.54, 1.807) is 30.0 Å². The van der Waals surface area contributed by atoms with Crippen molar-refractivity contribution in [3.63, 3.8) is 0 Å². The number of nitrogens with zero attached hydrogens (tertiary/aromatic N) is 2. The number of rotatable bonds is 3. The van der Waals surface area contributed by atoms with E-state index in [4.69, 9.17) is 23.2 Å². The van der Waals surface area contributed by atoms with Crippen LogP contribution in [0.15, 0.2) is 18.2 Å². The summed E-state index contributed by atoms with van der Waals surface area (Å²) in [5.74, 6) is 1.08. The fourth-order valence-corrected chi connectivity index (χ4v) is 6.83. The van der Waals surface area contributed by atoms with Crippen LogP contribution in [0.25, 0.3) is 0 Å². The van der Waals surface area contributed by atoms with Crippen LogP contribution in [0.1, 0.15) is 55.3 Å². The Labute approximate surface area is 180 Å². The third kappa shape index (κ3) is 4.03. The standard InChI is InChI=1S/C21H26Cl2N2O2S/c22-15-8-9-16(17(23)12-15)19(26)25-18(20(27)24-10-4-5-11-24)13-28-21(25)14-6-2-1-3-7-14/h8-9,12,14,18,21H,1-7,10-11,13H2. The summed E-state index contributed by atoms with van der Waals surface area (Å²) in [6.45, 7) is 1.61. The van der Waals surface area contributed by atoms with Crippen LogP contribution >= 0.6 is 35.0 Å². The molecule has 4 nitrogen and oxygen atoms in total. The van der Waals surface area contributed by atoms with Gasteiger partial charge in [-0.1, -0.05) is 42.5 Å². The smallest absolute Gasteiger partial charge is 0.256 e. The summed E-state index contributed by atoms with van der Waals surface area (Å²) in [6, 6.07) is 4.59. The Hall–Kier alpha value is -0.910. The van der Waals surface area contributed by atoms with Gasteiger partial charge >= 0.3 is 0 Å². The van der Waals surface area contributed by atoms with Crippen LogP contribution in [-0.4, -0.2) is 51.9 Å². The minimum absolute atomic E-state index is 0.0519. The molecule has 2 heterocycles. The molecule has 3 aliphatic rings. The van der Waals surface area contributed by atoms with E-state index < -0.39 is 6.04 Å². The highest BCUT2D eigenvalue weighted by atomic mass is 35.5. The number of halogens is 2.